The van der Waals surface area contributed by atoms with Gasteiger partial charge >= 0.3 is 29.6 Å². The van der Waals surface area contributed by atoms with Crippen molar-refractivity contribution >= 4 is 29.6 Å². The van der Waals surface area contributed by atoms with Crippen LogP contribution in [0.2, 0.25) is 0 Å². The van der Waals surface area contributed by atoms with E-state index in [4.69, 9.17) is 86.1 Å². The van der Waals surface area contributed by atoms with Crippen molar-refractivity contribution in [1.82, 2.24) is 0 Å². The van der Waals surface area contributed by atoms with Crippen molar-refractivity contribution in [2.75, 3.05) is 52.4 Å². The van der Waals surface area contributed by atoms with Crippen LogP contribution >= 0.6 is 0 Å². The third-order valence-electron chi connectivity index (χ3n) is 4.46. The zero-order valence-electron chi connectivity index (χ0n) is 37.0. The molecule has 0 amide bonds. The molecular formula is C32H96B4F4N8O8. The van der Waals surface area contributed by atoms with E-state index in [0.717, 1.165) is 52.4 Å². The number of unbranched alkanes of at least 4 members (excludes halogenated alkanes) is 8. The van der Waals surface area contributed by atoms with Gasteiger partial charge in [0.25, 0.3) is 0 Å². The molecule has 0 aromatic rings. The van der Waals surface area contributed by atoms with Crippen molar-refractivity contribution in [1.29, 1.82) is 0 Å². The molecule has 0 aliphatic heterocycles. The summed E-state index contributed by atoms with van der Waals surface area (Å²) < 4.78 is 40.4. The van der Waals surface area contributed by atoms with Crippen molar-refractivity contribution in [2.24, 2.45) is 45.9 Å². The third-order valence-corrected chi connectivity index (χ3v) is 4.46. The van der Waals surface area contributed by atoms with E-state index in [2.05, 4.69) is 55.4 Å². The molecule has 0 rings (SSSR count). The van der Waals surface area contributed by atoms with Crippen LogP contribution in [0.5, 0.6) is 0 Å². The molecule has 16 nitrogen and oxygen atoms in total. The summed E-state index contributed by atoms with van der Waals surface area (Å²) in [6.07, 6.45) is 19.1. The van der Waals surface area contributed by atoms with Gasteiger partial charge in [0.1, 0.15) is 0 Å². The molecule has 0 aliphatic rings. The van der Waals surface area contributed by atoms with E-state index in [1.807, 2.05) is 0 Å². The van der Waals surface area contributed by atoms with E-state index in [1.165, 1.54) is 103 Å². The fraction of sp³-hybridized carbons (Fsp3) is 1.00. The van der Waals surface area contributed by atoms with Gasteiger partial charge in [0.15, 0.2) is 0 Å². The predicted molar refractivity (Wildman–Crippen MR) is 237 cm³/mol. The molecule has 0 spiro atoms. The summed E-state index contributed by atoms with van der Waals surface area (Å²) >= 11 is 0. The van der Waals surface area contributed by atoms with Gasteiger partial charge in [-0.05, 0) is 104 Å². The van der Waals surface area contributed by atoms with E-state index in [0.29, 0.717) is 0 Å². The first-order chi connectivity index (χ1) is 26.2. The maximum atomic E-state index is 10.1. The molecule has 56 heavy (non-hydrogen) atoms. The summed E-state index contributed by atoms with van der Waals surface area (Å²) in [4.78, 5) is 0. The second kappa shape index (κ2) is 124. The van der Waals surface area contributed by atoms with Gasteiger partial charge in [-0.1, -0.05) is 107 Å². The smallest absolute Gasteiger partial charge is 0.398 e. The summed E-state index contributed by atoms with van der Waals surface area (Å²) in [7, 11) is -10.7. The summed E-state index contributed by atoms with van der Waals surface area (Å²) in [6, 6.07) is 0. The van der Waals surface area contributed by atoms with Gasteiger partial charge in [0.05, 0.1) is 0 Å². The van der Waals surface area contributed by atoms with Crippen LogP contribution in [-0.2, 0) is 0 Å². The molecular weight excluding hydrogens is 744 g/mol. The Kier molecular flexibility index (Phi) is 192. The summed E-state index contributed by atoms with van der Waals surface area (Å²) in [5.74, 6) is 0. The van der Waals surface area contributed by atoms with Crippen LogP contribution in [-0.4, -0.2) is 122 Å². The molecule has 0 saturated carbocycles. The molecule has 0 atom stereocenters. The number of nitrogens with two attached hydrogens (primary N) is 8. The minimum Gasteiger partial charge on any atom is -0.398 e. The second-order valence-corrected chi connectivity index (χ2v) is 10.4. The van der Waals surface area contributed by atoms with Gasteiger partial charge in [-0.3, -0.25) is 17.3 Å². The number of hydrogen-bond donors (Lipinski definition) is 16. The van der Waals surface area contributed by atoms with E-state index in [1.54, 1.807) is 0 Å². The van der Waals surface area contributed by atoms with Crippen molar-refractivity contribution in [3.63, 3.8) is 0 Å². The molecule has 0 bridgehead atoms. The Morgan fingerprint density at radius 1 is 0.250 bits per heavy atom. The van der Waals surface area contributed by atoms with Crippen LogP contribution in [0.3, 0.4) is 0 Å². The zero-order valence-corrected chi connectivity index (χ0v) is 37.0. The molecule has 0 heterocycles. The van der Waals surface area contributed by atoms with E-state index < -0.39 is 29.6 Å². The van der Waals surface area contributed by atoms with E-state index >= 15 is 0 Å². The molecule has 0 aliphatic carbocycles. The van der Waals surface area contributed by atoms with Gasteiger partial charge in [-0.25, -0.2) is 0 Å². The fourth-order valence-electron chi connectivity index (χ4n) is 1.63. The second-order valence-electron chi connectivity index (χ2n) is 10.4. The first-order valence-corrected chi connectivity index (χ1v) is 19.9. The number of halogens is 4. The van der Waals surface area contributed by atoms with E-state index in [-0.39, 0.29) is 0 Å². The average molecular weight is 840 g/mol. The van der Waals surface area contributed by atoms with Gasteiger partial charge in [0.2, 0.25) is 0 Å². The van der Waals surface area contributed by atoms with Gasteiger partial charge in [0, 0.05) is 0 Å². The monoisotopic (exact) mass is 841 g/mol. The lowest BCUT2D eigenvalue weighted by atomic mass is 10.3. The van der Waals surface area contributed by atoms with Crippen molar-refractivity contribution < 1.29 is 57.5 Å². The molecule has 0 aromatic heterocycles. The molecule has 0 fully saturated rings. The third kappa shape index (κ3) is 621. The summed E-state index contributed by atoms with van der Waals surface area (Å²) in [5.41, 5.74) is 41.1. The highest BCUT2D eigenvalue weighted by molar-refractivity contribution is 6.32. The fourth-order valence-corrected chi connectivity index (χ4v) is 1.63. The number of rotatable bonds is 16. The van der Waals surface area contributed by atoms with Crippen LogP contribution in [0.15, 0.2) is 0 Å². The maximum absolute atomic E-state index is 10.1. The standard InChI is InChI=1S/8C4H11N.4BFH2O2/c8*1-2-3-4-5;4*2-1(3)4/h8*2-5H2,1H3;4*3-4H. The molecule has 0 unspecified atom stereocenters. The number of hydrogen-bond acceptors (Lipinski definition) is 16. The van der Waals surface area contributed by atoms with Gasteiger partial charge in [-0.15, -0.1) is 0 Å². The molecule has 0 radical (unpaired) electrons. The van der Waals surface area contributed by atoms with Crippen LogP contribution < -0.4 is 45.9 Å². The average Bonchev–Trinajstić information content (AvgIpc) is 3.09. The topological polar surface area (TPSA) is 370 Å². The normalized spacial score (nSPS) is 7.93. The Balaban J connectivity index is -0.0000000378. The van der Waals surface area contributed by atoms with Crippen LogP contribution in [0.25, 0.3) is 0 Å². The Hall–Kier alpha value is -0.660. The lowest BCUT2D eigenvalue weighted by Gasteiger charge is -1.80. The Bertz CT molecular complexity index is 342. The van der Waals surface area contributed by atoms with Crippen LogP contribution in [0, 0.1) is 0 Å². The Labute approximate surface area is 343 Å². The van der Waals surface area contributed by atoms with Crippen LogP contribution in [0.4, 0.5) is 17.3 Å². The Morgan fingerprint density at radius 3 is 0.304 bits per heavy atom. The molecule has 0 aromatic carbocycles. The van der Waals surface area contributed by atoms with E-state index in [9.17, 15) is 17.3 Å². The minimum absolute atomic E-state index is 0.844. The van der Waals surface area contributed by atoms with Gasteiger partial charge < -0.3 is 86.1 Å². The predicted octanol–water partition coefficient (Wildman–Crippen LogP) is 1.66. The van der Waals surface area contributed by atoms with Gasteiger partial charge in [-0.2, -0.15) is 0 Å². The molecule has 24 N–H and O–H groups in total. The first kappa shape index (κ1) is 87.0. The minimum atomic E-state index is -2.67. The highest BCUT2D eigenvalue weighted by Crippen LogP contribution is 1.80. The molecule has 24 heteroatoms. The zero-order chi connectivity index (χ0) is 47.3. The molecule has 352 valence electrons. The Morgan fingerprint density at radius 2 is 0.304 bits per heavy atom. The lowest BCUT2D eigenvalue weighted by molar-refractivity contribution is 0.338. The summed E-state index contributed by atoms with van der Waals surface area (Å²) in [6.45, 7) is 23.8. The highest BCUT2D eigenvalue weighted by Gasteiger charge is 1.98. The first-order valence-electron chi connectivity index (χ1n) is 19.9. The SMILES string of the molecule is CCCCN.CCCCN.CCCCN.CCCCN.CCCCN.CCCCN.CCCCN.CCCCN.OB(O)F.OB(O)F.OB(O)F.OB(O)F. The van der Waals surface area contributed by atoms with Crippen LogP contribution in [0.1, 0.15) is 158 Å². The lowest BCUT2D eigenvalue weighted by Crippen LogP contribution is -1.98. The summed E-state index contributed by atoms with van der Waals surface area (Å²) in [5, 5.41) is 55.6. The van der Waals surface area contributed by atoms with Crippen molar-refractivity contribution in [3.05, 3.63) is 0 Å². The maximum Gasteiger partial charge on any atom is 0.674 e. The highest BCUT2D eigenvalue weighted by atomic mass is 19.1. The molecule has 0 saturated heterocycles. The largest absolute Gasteiger partial charge is 0.674 e. The van der Waals surface area contributed by atoms with Crippen molar-refractivity contribution in [3.8, 4) is 0 Å². The van der Waals surface area contributed by atoms with Crippen molar-refractivity contribution in [2.45, 2.75) is 158 Å². The quantitative estimate of drug-likeness (QED) is 0.0776.